The lowest BCUT2D eigenvalue weighted by Gasteiger charge is -2.37. The third kappa shape index (κ3) is 3.25. The molecule has 1 saturated heterocycles. The molecule has 5 rings (SSSR count). The number of hydrogen-bond donors (Lipinski definition) is 1. The Labute approximate surface area is 160 Å². The van der Waals surface area contributed by atoms with Gasteiger partial charge >= 0.3 is 0 Å². The van der Waals surface area contributed by atoms with E-state index in [-0.39, 0.29) is 0 Å². The predicted molar refractivity (Wildman–Crippen MR) is 104 cm³/mol. The first kappa shape index (κ1) is 16.6. The van der Waals surface area contributed by atoms with Gasteiger partial charge in [-0.3, -0.25) is 4.90 Å². The van der Waals surface area contributed by atoms with Gasteiger partial charge in [0.25, 0.3) is 0 Å². The maximum absolute atomic E-state index is 5.71. The Kier molecular flexibility index (Phi) is 4.41. The van der Waals surface area contributed by atoms with Crippen LogP contribution in [-0.2, 0) is 6.54 Å². The second-order valence-corrected chi connectivity index (χ2v) is 8.57. The molecule has 6 heteroatoms. The number of benzene rings is 1. The van der Waals surface area contributed by atoms with Gasteiger partial charge in [0, 0.05) is 38.8 Å². The molecule has 2 bridgehead atoms. The molecule has 2 heterocycles. The molecule has 2 saturated carbocycles. The van der Waals surface area contributed by atoms with Gasteiger partial charge in [0.15, 0.2) is 16.6 Å². The number of rotatable bonds is 3. The van der Waals surface area contributed by atoms with Gasteiger partial charge in [-0.15, -0.1) is 0 Å². The summed E-state index contributed by atoms with van der Waals surface area (Å²) in [6, 6.07) is 6.90. The van der Waals surface area contributed by atoms with E-state index in [2.05, 4.69) is 27.2 Å². The van der Waals surface area contributed by atoms with Crippen LogP contribution < -0.4 is 14.8 Å². The maximum Gasteiger partial charge on any atom is 0.231 e. The third-order valence-corrected chi connectivity index (χ3v) is 6.93. The molecule has 0 amide bonds. The van der Waals surface area contributed by atoms with Crippen molar-refractivity contribution < 1.29 is 9.47 Å². The zero-order valence-corrected chi connectivity index (χ0v) is 16.0. The lowest BCUT2D eigenvalue weighted by molar-refractivity contribution is 0.171. The first-order chi connectivity index (χ1) is 12.7. The largest absolute Gasteiger partial charge is 0.454 e. The van der Waals surface area contributed by atoms with E-state index in [9.17, 15) is 0 Å². The van der Waals surface area contributed by atoms with Crippen LogP contribution in [0.4, 0.5) is 0 Å². The van der Waals surface area contributed by atoms with Crippen LogP contribution in [0.5, 0.6) is 11.5 Å². The molecule has 0 radical (unpaired) electrons. The zero-order chi connectivity index (χ0) is 17.5. The average Bonchev–Trinajstić information content (AvgIpc) is 3.38. The summed E-state index contributed by atoms with van der Waals surface area (Å²) in [5.41, 5.74) is 1.28. The van der Waals surface area contributed by atoms with Gasteiger partial charge in [-0.2, -0.15) is 0 Å². The molecule has 2 aliphatic carbocycles. The quantitative estimate of drug-likeness (QED) is 0.821. The molecule has 3 atom stereocenters. The van der Waals surface area contributed by atoms with Crippen molar-refractivity contribution in [1.82, 2.24) is 15.1 Å². The summed E-state index contributed by atoms with van der Waals surface area (Å²) in [7, 11) is 0. The Morgan fingerprint density at radius 3 is 2.69 bits per heavy atom. The van der Waals surface area contributed by atoms with Gasteiger partial charge in [0.05, 0.1) is 0 Å². The minimum Gasteiger partial charge on any atom is -0.454 e. The van der Waals surface area contributed by atoms with Gasteiger partial charge in [-0.25, -0.2) is 0 Å². The molecule has 0 unspecified atom stereocenters. The second-order valence-electron chi connectivity index (χ2n) is 8.18. The number of nitrogens with zero attached hydrogens (tertiary/aromatic N) is 2. The zero-order valence-electron chi connectivity index (χ0n) is 15.2. The fourth-order valence-electron chi connectivity index (χ4n) is 5.08. The van der Waals surface area contributed by atoms with Crippen LogP contribution in [0, 0.1) is 11.8 Å². The number of ether oxygens (including phenoxy) is 2. The Balaban J connectivity index is 1.11. The monoisotopic (exact) mass is 373 g/mol. The van der Waals surface area contributed by atoms with E-state index in [4.69, 9.17) is 21.7 Å². The Hall–Kier alpha value is -1.53. The Morgan fingerprint density at radius 1 is 1.08 bits per heavy atom. The molecule has 4 aliphatic rings. The smallest absolute Gasteiger partial charge is 0.231 e. The van der Waals surface area contributed by atoms with Gasteiger partial charge < -0.3 is 19.7 Å². The minimum atomic E-state index is 0.338. The number of nitrogens with one attached hydrogen (secondary N) is 1. The summed E-state index contributed by atoms with van der Waals surface area (Å²) in [6.07, 6.45) is 5.58. The third-order valence-electron chi connectivity index (χ3n) is 6.55. The highest BCUT2D eigenvalue weighted by Crippen LogP contribution is 2.44. The second kappa shape index (κ2) is 6.89. The Bertz CT molecular complexity index is 690. The van der Waals surface area contributed by atoms with Crippen molar-refractivity contribution in [3.05, 3.63) is 23.8 Å². The van der Waals surface area contributed by atoms with Crippen molar-refractivity contribution in [3.8, 4) is 11.5 Å². The van der Waals surface area contributed by atoms with Crippen molar-refractivity contribution in [2.75, 3.05) is 33.0 Å². The van der Waals surface area contributed by atoms with Crippen molar-refractivity contribution in [2.24, 2.45) is 11.8 Å². The van der Waals surface area contributed by atoms with Crippen LogP contribution in [-0.4, -0.2) is 53.9 Å². The lowest BCUT2D eigenvalue weighted by atomic mass is 9.95. The van der Waals surface area contributed by atoms with Crippen molar-refractivity contribution >= 4 is 17.3 Å². The van der Waals surface area contributed by atoms with Crippen LogP contribution in [0.1, 0.15) is 31.2 Å². The van der Waals surface area contributed by atoms with Crippen molar-refractivity contribution in [1.29, 1.82) is 0 Å². The molecular weight excluding hydrogens is 346 g/mol. The fraction of sp³-hybridized carbons (Fsp3) is 0.650. The highest BCUT2D eigenvalue weighted by atomic mass is 32.1. The fourth-order valence-corrected chi connectivity index (χ4v) is 5.41. The summed E-state index contributed by atoms with van der Waals surface area (Å²) in [5, 5.41) is 4.66. The van der Waals surface area contributed by atoms with E-state index in [1.165, 1.54) is 31.2 Å². The van der Waals surface area contributed by atoms with E-state index in [0.29, 0.717) is 12.8 Å². The molecule has 2 aliphatic heterocycles. The molecule has 3 fully saturated rings. The van der Waals surface area contributed by atoms with Crippen LogP contribution in [0.2, 0.25) is 0 Å². The summed E-state index contributed by atoms with van der Waals surface area (Å²) in [5.74, 6) is 3.55. The highest BCUT2D eigenvalue weighted by Gasteiger charge is 2.40. The van der Waals surface area contributed by atoms with Crippen LogP contribution in [0.15, 0.2) is 18.2 Å². The first-order valence-corrected chi connectivity index (χ1v) is 10.3. The molecule has 0 spiro atoms. The summed E-state index contributed by atoms with van der Waals surface area (Å²) in [6.45, 7) is 5.41. The molecule has 140 valence electrons. The summed E-state index contributed by atoms with van der Waals surface area (Å²) < 4.78 is 10.9. The first-order valence-electron chi connectivity index (χ1n) is 9.91. The lowest BCUT2D eigenvalue weighted by Crippen LogP contribution is -2.53. The minimum absolute atomic E-state index is 0.338. The Morgan fingerprint density at radius 2 is 1.92 bits per heavy atom. The van der Waals surface area contributed by atoms with E-state index in [0.717, 1.165) is 61.2 Å². The van der Waals surface area contributed by atoms with Crippen LogP contribution in [0.25, 0.3) is 0 Å². The number of piperazine rings is 1. The average molecular weight is 374 g/mol. The van der Waals surface area contributed by atoms with E-state index < -0.39 is 0 Å². The van der Waals surface area contributed by atoms with E-state index in [1.54, 1.807) is 0 Å². The van der Waals surface area contributed by atoms with Crippen molar-refractivity contribution in [2.45, 2.75) is 38.3 Å². The number of thiocarbonyl (C=S) groups is 1. The van der Waals surface area contributed by atoms with Crippen LogP contribution >= 0.6 is 12.2 Å². The molecule has 1 aromatic rings. The SMILES string of the molecule is S=C(N[C@H]1C[C@H]2CC[C@H]1C2)N1CCN(Cc2ccc3c(c2)OCO3)CC1. The van der Waals surface area contributed by atoms with Gasteiger partial charge in [0.2, 0.25) is 6.79 Å². The molecular formula is C20H27N3O2S. The van der Waals surface area contributed by atoms with Crippen LogP contribution in [0.3, 0.4) is 0 Å². The summed E-state index contributed by atoms with van der Waals surface area (Å²) >= 11 is 5.71. The maximum atomic E-state index is 5.71. The number of hydrogen-bond acceptors (Lipinski definition) is 4. The van der Waals surface area contributed by atoms with E-state index in [1.807, 2.05) is 6.07 Å². The van der Waals surface area contributed by atoms with Crippen molar-refractivity contribution in [3.63, 3.8) is 0 Å². The molecule has 5 nitrogen and oxygen atoms in total. The van der Waals surface area contributed by atoms with Gasteiger partial charge in [0.1, 0.15) is 0 Å². The molecule has 0 aromatic heterocycles. The summed E-state index contributed by atoms with van der Waals surface area (Å²) in [4.78, 5) is 4.85. The predicted octanol–water partition coefficient (Wildman–Crippen LogP) is 2.60. The van der Waals surface area contributed by atoms with Gasteiger partial charge in [-0.05, 0) is 61.0 Å². The highest BCUT2D eigenvalue weighted by molar-refractivity contribution is 7.80. The standard InChI is InChI=1S/C20H27N3O2S/c26-20(21-17-10-14-1-3-16(17)9-14)23-7-5-22(6-8-23)12-15-2-4-18-19(11-15)25-13-24-18/h2,4,11,14,16-17H,1,3,5-10,12-13H2,(H,21,26)/t14-,16-,17-/m0/s1. The topological polar surface area (TPSA) is 37.0 Å². The molecule has 1 aromatic carbocycles. The molecule has 26 heavy (non-hydrogen) atoms. The van der Waals surface area contributed by atoms with Gasteiger partial charge in [-0.1, -0.05) is 12.5 Å². The number of fused-ring (bicyclic) bond motifs is 3. The van der Waals surface area contributed by atoms with E-state index >= 15 is 0 Å². The molecule has 1 N–H and O–H groups in total. The normalized spacial score (nSPS) is 30.0.